The average molecular weight is 420 g/mol. The number of carbonyl (C=O) groups excluding carboxylic acids is 1. The Morgan fingerprint density at radius 2 is 1.64 bits per heavy atom. The van der Waals surface area contributed by atoms with Crippen LogP contribution in [0.5, 0.6) is 0 Å². The number of halogens is 1. The average Bonchev–Trinajstić information content (AvgIpc) is 2.67. The van der Waals surface area contributed by atoms with Crippen molar-refractivity contribution in [1.82, 2.24) is 4.72 Å². The molecule has 7 heteroatoms. The summed E-state index contributed by atoms with van der Waals surface area (Å²) in [5.74, 6) is -0.382. The molecule has 0 aromatic heterocycles. The van der Waals surface area contributed by atoms with E-state index in [0.29, 0.717) is 18.1 Å². The molecule has 0 heterocycles. The number of hydrogen-bond acceptors (Lipinski definition) is 4. The number of ether oxygens (including phenoxy) is 1. The summed E-state index contributed by atoms with van der Waals surface area (Å²) >= 11 is 5.80. The predicted octanol–water partition coefficient (Wildman–Crippen LogP) is 4.05. The summed E-state index contributed by atoms with van der Waals surface area (Å²) in [5, 5.41) is 1.74. The first kappa shape index (κ1) is 21.9. The summed E-state index contributed by atoms with van der Waals surface area (Å²) in [7, 11) is -3.52. The Hall–Kier alpha value is -2.41. The molecule has 0 aliphatic heterocycles. The minimum atomic E-state index is -3.52. The minimum absolute atomic E-state index is 0.283. The molecule has 1 N–H and O–H groups in total. The van der Waals surface area contributed by atoms with Crippen molar-refractivity contribution in [3.05, 3.63) is 81.7 Å². The van der Waals surface area contributed by atoms with Gasteiger partial charge in [-0.3, -0.25) is 0 Å². The monoisotopic (exact) mass is 419 g/mol. The van der Waals surface area contributed by atoms with Gasteiger partial charge in [0.05, 0.1) is 6.61 Å². The first-order valence-electron chi connectivity index (χ1n) is 8.75. The molecule has 0 amide bonds. The zero-order valence-corrected chi connectivity index (χ0v) is 17.0. The van der Waals surface area contributed by atoms with Crippen LogP contribution in [0.25, 0.3) is 12.2 Å². The van der Waals surface area contributed by atoms with Crippen molar-refractivity contribution >= 4 is 39.7 Å². The minimum Gasteiger partial charge on any atom is -0.463 e. The van der Waals surface area contributed by atoms with Gasteiger partial charge in [-0.15, -0.1) is 0 Å². The fourth-order valence-corrected chi connectivity index (χ4v) is 3.22. The zero-order chi connectivity index (χ0) is 20.4. The van der Waals surface area contributed by atoms with Crippen LogP contribution in [0, 0.1) is 0 Å². The lowest BCUT2D eigenvalue weighted by Gasteiger charge is -2.04. The number of rotatable bonds is 9. The molecular weight excluding hydrogens is 398 g/mol. The molecule has 2 aromatic carbocycles. The zero-order valence-electron chi connectivity index (χ0n) is 15.5. The van der Waals surface area contributed by atoms with Crippen molar-refractivity contribution in [2.75, 3.05) is 13.2 Å². The maximum absolute atomic E-state index is 12.0. The molecule has 0 saturated heterocycles. The molecule has 0 atom stereocenters. The van der Waals surface area contributed by atoms with Crippen molar-refractivity contribution in [2.45, 2.75) is 13.3 Å². The van der Waals surface area contributed by atoms with Gasteiger partial charge in [0.2, 0.25) is 10.0 Å². The summed E-state index contributed by atoms with van der Waals surface area (Å²) in [4.78, 5) is 11.3. The second-order valence-corrected chi connectivity index (χ2v) is 7.96. The molecule has 0 bridgehead atoms. The number of benzene rings is 2. The van der Waals surface area contributed by atoms with E-state index in [4.69, 9.17) is 16.3 Å². The van der Waals surface area contributed by atoms with Gasteiger partial charge in [-0.2, -0.15) is 0 Å². The van der Waals surface area contributed by atoms with Crippen molar-refractivity contribution in [2.24, 2.45) is 0 Å². The van der Waals surface area contributed by atoms with Gasteiger partial charge in [-0.05, 0) is 54.3 Å². The van der Waals surface area contributed by atoms with Crippen LogP contribution in [-0.2, 0) is 26.0 Å². The van der Waals surface area contributed by atoms with Gasteiger partial charge in [0, 0.05) is 23.1 Å². The number of sulfonamides is 1. The van der Waals surface area contributed by atoms with Gasteiger partial charge in [-0.25, -0.2) is 17.9 Å². The highest BCUT2D eigenvalue weighted by Crippen LogP contribution is 2.11. The molecule has 0 unspecified atom stereocenters. The Labute approximate surface area is 170 Å². The highest BCUT2D eigenvalue weighted by Gasteiger charge is 2.04. The molecule has 0 saturated carbocycles. The van der Waals surface area contributed by atoms with Crippen LogP contribution in [0.3, 0.4) is 0 Å². The fourth-order valence-electron chi connectivity index (χ4n) is 2.28. The van der Waals surface area contributed by atoms with Crippen LogP contribution in [0.1, 0.15) is 23.6 Å². The third kappa shape index (κ3) is 8.08. The molecule has 2 rings (SSSR count). The Balaban J connectivity index is 1.83. The van der Waals surface area contributed by atoms with Crippen molar-refractivity contribution in [1.29, 1.82) is 0 Å². The fraction of sp³-hybridized carbons (Fsp3) is 0.190. The Morgan fingerprint density at radius 1 is 1.04 bits per heavy atom. The van der Waals surface area contributed by atoms with Gasteiger partial charge in [0.1, 0.15) is 0 Å². The van der Waals surface area contributed by atoms with Crippen molar-refractivity contribution in [3.63, 3.8) is 0 Å². The van der Waals surface area contributed by atoms with E-state index in [1.807, 2.05) is 24.3 Å². The summed E-state index contributed by atoms with van der Waals surface area (Å²) in [6, 6.07) is 14.4. The van der Waals surface area contributed by atoms with Crippen LogP contribution in [0.2, 0.25) is 5.02 Å². The van der Waals surface area contributed by atoms with Crippen LogP contribution in [-0.4, -0.2) is 27.5 Å². The first-order valence-corrected chi connectivity index (χ1v) is 10.7. The lowest BCUT2D eigenvalue weighted by Crippen LogP contribution is -2.23. The van der Waals surface area contributed by atoms with Crippen LogP contribution in [0.4, 0.5) is 0 Å². The first-order chi connectivity index (χ1) is 13.4. The largest absolute Gasteiger partial charge is 0.463 e. The van der Waals surface area contributed by atoms with E-state index >= 15 is 0 Å². The van der Waals surface area contributed by atoms with Gasteiger partial charge in [0.25, 0.3) is 0 Å². The van der Waals surface area contributed by atoms with Crippen molar-refractivity contribution in [3.8, 4) is 0 Å². The second-order valence-electron chi connectivity index (χ2n) is 5.87. The normalized spacial score (nSPS) is 11.9. The number of hydrogen-bond donors (Lipinski definition) is 1. The quantitative estimate of drug-likeness (QED) is 0.491. The summed E-state index contributed by atoms with van der Waals surface area (Å²) in [6.45, 7) is 2.38. The Kier molecular flexibility index (Phi) is 8.44. The van der Waals surface area contributed by atoms with E-state index in [9.17, 15) is 13.2 Å². The topological polar surface area (TPSA) is 72.5 Å². The van der Waals surface area contributed by atoms with E-state index in [1.54, 1.807) is 37.3 Å². The molecule has 0 radical (unpaired) electrons. The SMILES string of the molecule is CCOC(=O)/C=C/c1ccc(CCNS(=O)(=O)C=Cc2ccc(Cl)cc2)cc1. The Morgan fingerprint density at radius 3 is 2.29 bits per heavy atom. The van der Waals surface area contributed by atoms with Gasteiger partial charge >= 0.3 is 5.97 Å². The number of esters is 1. The van der Waals surface area contributed by atoms with Gasteiger partial charge in [0.15, 0.2) is 0 Å². The number of carbonyl (C=O) groups is 1. The number of nitrogens with one attached hydrogen (secondary N) is 1. The van der Waals surface area contributed by atoms with E-state index in [-0.39, 0.29) is 12.5 Å². The summed E-state index contributed by atoms with van der Waals surface area (Å²) < 4.78 is 31.4. The summed E-state index contributed by atoms with van der Waals surface area (Å²) in [5.41, 5.74) is 2.60. The Bertz CT molecular complexity index is 933. The molecule has 0 spiro atoms. The lowest BCUT2D eigenvalue weighted by atomic mass is 10.1. The van der Waals surface area contributed by atoms with E-state index < -0.39 is 10.0 Å². The van der Waals surface area contributed by atoms with Gasteiger partial charge < -0.3 is 4.74 Å². The molecular formula is C21H22ClNO4S. The molecule has 0 fully saturated rings. The molecule has 28 heavy (non-hydrogen) atoms. The maximum atomic E-state index is 12.0. The van der Waals surface area contributed by atoms with Crippen molar-refractivity contribution < 1.29 is 17.9 Å². The molecule has 2 aromatic rings. The van der Waals surface area contributed by atoms with Crippen LogP contribution in [0.15, 0.2) is 60.0 Å². The third-order valence-electron chi connectivity index (χ3n) is 3.70. The van der Waals surface area contributed by atoms with Gasteiger partial charge in [-0.1, -0.05) is 48.0 Å². The predicted molar refractivity (Wildman–Crippen MR) is 113 cm³/mol. The standard InChI is InChI=1S/C21H22ClNO4S/c1-2-27-21(24)12-9-17-3-5-18(6-4-17)13-15-23-28(25,26)16-14-19-7-10-20(22)11-8-19/h3-12,14,16,23H,2,13,15H2,1H3/b12-9+,16-14?. The highest BCUT2D eigenvalue weighted by atomic mass is 35.5. The third-order valence-corrected chi connectivity index (χ3v) is 5.06. The van der Waals surface area contributed by atoms with E-state index in [2.05, 4.69) is 4.72 Å². The lowest BCUT2D eigenvalue weighted by molar-refractivity contribution is -0.137. The highest BCUT2D eigenvalue weighted by molar-refractivity contribution is 7.92. The van der Waals surface area contributed by atoms with Crippen LogP contribution >= 0.6 is 11.6 Å². The van der Waals surface area contributed by atoms with E-state index in [0.717, 1.165) is 22.1 Å². The molecule has 0 aliphatic carbocycles. The molecule has 0 aliphatic rings. The second kappa shape index (κ2) is 10.8. The maximum Gasteiger partial charge on any atom is 0.330 e. The van der Waals surface area contributed by atoms with E-state index in [1.165, 1.54) is 12.2 Å². The molecule has 148 valence electrons. The molecule has 5 nitrogen and oxygen atoms in total. The van der Waals surface area contributed by atoms with Crippen LogP contribution < -0.4 is 4.72 Å². The smallest absolute Gasteiger partial charge is 0.330 e. The summed E-state index contributed by atoms with van der Waals surface area (Å²) in [6.07, 6.45) is 5.12.